The molecule has 0 aliphatic heterocycles. The van der Waals surface area contributed by atoms with Crippen molar-refractivity contribution >= 4 is 7.32 Å². The predicted molar refractivity (Wildman–Crippen MR) is 45.6 cm³/mol. The van der Waals surface area contributed by atoms with Gasteiger partial charge >= 0.3 is 7.32 Å². The monoisotopic (exact) mass is 164 g/mol. The van der Waals surface area contributed by atoms with Crippen molar-refractivity contribution in [1.29, 1.82) is 0 Å². The van der Waals surface area contributed by atoms with Crippen molar-refractivity contribution in [3.63, 3.8) is 0 Å². The van der Waals surface area contributed by atoms with Crippen LogP contribution in [0.25, 0.3) is 0 Å². The van der Waals surface area contributed by atoms with Crippen LogP contribution in [-0.4, -0.2) is 54.6 Å². The second-order valence-corrected chi connectivity index (χ2v) is 3.36. The highest BCUT2D eigenvalue weighted by atomic mass is 16.5. The lowest BCUT2D eigenvalue weighted by atomic mass is 10.3. The molecule has 0 aromatic carbocycles. The van der Waals surface area contributed by atoms with Crippen molar-refractivity contribution in [2.24, 2.45) is 0 Å². The summed E-state index contributed by atoms with van der Waals surface area (Å²) in [5, 5.41) is 21.5. The molecular weight excluding hydrogens is 145 g/mol. The summed E-state index contributed by atoms with van der Waals surface area (Å²) in [6.45, 7) is 3.49. The Morgan fingerprint density at radius 2 is 1.36 bits per heavy atom. The second kappa shape index (κ2) is 6.60. The molecule has 0 aromatic rings. The zero-order valence-corrected chi connectivity index (χ0v) is 7.78. The fourth-order valence-corrected chi connectivity index (χ4v) is 0.671. The zero-order valence-electron chi connectivity index (χ0n) is 7.78. The van der Waals surface area contributed by atoms with Gasteiger partial charge in [-0.3, -0.25) is 0 Å². The second-order valence-electron chi connectivity index (χ2n) is 3.36. The van der Waals surface area contributed by atoms with Crippen molar-refractivity contribution in [2.75, 3.05) is 27.7 Å². The average molecular weight is 164 g/mol. The van der Waals surface area contributed by atoms with Crippen LogP contribution in [0.4, 0.5) is 0 Å². The molecule has 4 nitrogen and oxygen atoms in total. The Morgan fingerprint density at radius 3 is 1.36 bits per heavy atom. The molecule has 0 rings (SSSR count). The van der Waals surface area contributed by atoms with Crippen LogP contribution in [0.1, 0.15) is 13.3 Å². The van der Waals surface area contributed by atoms with Gasteiger partial charge in [0, 0.05) is 0 Å². The summed E-state index contributed by atoms with van der Waals surface area (Å²) < 4.78 is 1.09. The molecule has 0 bridgehead atoms. The van der Waals surface area contributed by atoms with Crippen LogP contribution < -0.4 is 0 Å². The summed E-state index contributed by atoms with van der Waals surface area (Å²) in [6.07, 6.45) is 1.28. The van der Waals surface area contributed by atoms with Crippen molar-refractivity contribution in [1.82, 2.24) is 0 Å². The van der Waals surface area contributed by atoms with Gasteiger partial charge in [-0.05, 0) is 6.42 Å². The topological polar surface area (TPSA) is 60.7 Å². The molecule has 3 N–H and O–H groups in total. The Balaban J connectivity index is 0. The van der Waals surface area contributed by atoms with Crippen molar-refractivity contribution in [3.05, 3.63) is 0 Å². The molecule has 0 fully saturated rings. The number of rotatable bonds is 2. The van der Waals surface area contributed by atoms with E-state index in [0.717, 1.165) is 4.48 Å². The first-order chi connectivity index (χ1) is 4.79. The van der Waals surface area contributed by atoms with Crippen LogP contribution in [0, 0.1) is 0 Å². The SMILES string of the molecule is CCC[N+](C)(C)C.OB(O)O. The third-order valence-corrected chi connectivity index (χ3v) is 0.894. The van der Waals surface area contributed by atoms with E-state index in [4.69, 9.17) is 15.1 Å². The van der Waals surface area contributed by atoms with Gasteiger partial charge in [0.2, 0.25) is 0 Å². The maximum Gasteiger partial charge on any atom is 0.631 e. The standard InChI is InChI=1S/C6H16N.BH3O3/c1-5-6-7(2,3)4;2-1(3)4/h5-6H2,1-4H3;2-4H/q+1;. The van der Waals surface area contributed by atoms with Gasteiger partial charge in [0.1, 0.15) is 0 Å². The highest BCUT2D eigenvalue weighted by molar-refractivity contribution is 6.30. The fourth-order valence-electron chi connectivity index (χ4n) is 0.671. The Hall–Kier alpha value is -0.0951. The van der Waals surface area contributed by atoms with E-state index < -0.39 is 7.32 Å². The van der Waals surface area contributed by atoms with Crippen molar-refractivity contribution in [2.45, 2.75) is 13.3 Å². The van der Waals surface area contributed by atoms with Crippen LogP contribution in [0.3, 0.4) is 0 Å². The molecule has 0 aliphatic carbocycles. The van der Waals surface area contributed by atoms with Gasteiger partial charge in [-0.1, -0.05) is 6.92 Å². The van der Waals surface area contributed by atoms with Gasteiger partial charge in [-0.2, -0.15) is 0 Å². The first kappa shape index (κ1) is 13.5. The minimum absolute atomic E-state index is 1.09. The van der Waals surface area contributed by atoms with Gasteiger partial charge < -0.3 is 19.6 Å². The summed E-state index contributed by atoms with van der Waals surface area (Å²) in [6, 6.07) is 0. The highest BCUT2D eigenvalue weighted by Crippen LogP contribution is 1.90. The van der Waals surface area contributed by atoms with Crippen molar-refractivity contribution in [3.8, 4) is 0 Å². The molecule has 0 amide bonds. The molecule has 11 heavy (non-hydrogen) atoms. The van der Waals surface area contributed by atoms with E-state index >= 15 is 0 Å². The summed E-state index contributed by atoms with van der Waals surface area (Å²) in [5.74, 6) is 0. The predicted octanol–water partition coefficient (Wildman–Crippen LogP) is -0.949. The normalized spacial score (nSPS) is 10.1. The molecule has 0 unspecified atom stereocenters. The largest absolute Gasteiger partial charge is 0.631 e. The molecule has 0 aromatic heterocycles. The molecule has 68 valence electrons. The van der Waals surface area contributed by atoms with Crippen LogP contribution in [0.2, 0.25) is 0 Å². The molecule has 0 heterocycles. The Labute approximate surface area is 68.8 Å². The van der Waals surface area contributed by atoms with E-state index in [1.807, 2.05) is 0 Å². The highest BCUT2D eigenvalue weighted by Gasteiger charge is 2.01. The van der Waals surface area contributed by atoms with Gasteiger partial charge in [0.15, 0.2) is 0 Å². The smallest absolute Gasteiger partial charge is 0.402 e. The van der Waals surface area contributed by atoms with E-state index in [0.29, 0.717) is 0 Å². The van der Waals surface area contributed by atoms with Crippen molar-refractivity contribution < 1.29 is 19.6 Å². The average Bonchev–Trinajstić information content (AvgIpc) is 1.58. The molecule has 0 radical (unpaired) electrons. The minimum atomic E-state index is -2.17. The Morgan fingerprint density at radius 1 is 1.09 bits per heavy atom. The van der Waals surface area contributed by atoms with E-state index in [9.17, 15) is 0 Å². The maximum absolute atomic E-state index is 7.17. The molecule has 0 saturated heterocycles. The molecule has 0 saturated carbocycles. The number of nitrogens with zero attached hydrogens (tertiary/aromatic N) is 1. The lowest BCUT2D eigenvalue weighted by Gasteiger charge is -2.22. The molecule has 0 atom stereocenters. The van der Waals surface area contributed by atoms with Crippen LogP contribution in [0.15, 0.2) is 0 Å². The first-order valence-corrected chi connectivity index (χ1v) is 3.64. The van der Waals surface area contributed by atoms with Crippen LogP contribution in [0.5, 0.6) is 0 Å². The summed E-state index contributed by atoms with van der Waals surface area (Å²) in [7, 11) is 4.47. The van der Waals surface area contributed by atoms with Gasteiger partial charge in [-0.15, -0.1) is 0 Å². The third kappa shape index (κ3) is 40.6. The Kier molecular flexibility index (Phi) is 8.10. The fraction of sp³-hybridized carbons (Fsp3) is 1.00. The summed E-state index contributed by atoms with van der Waals surface area (Å²) in [5.41, 5.74) is 0. The maximum atomic E-state index is 7.17. The van der Waals surface area contributed by atoms with Crippen LogP contribution >= 0.6 is 0 Å². The van der Waals surface area contributed by atoms with E-state index in [1.54, 1.807) is 0 Å². The molecule has 5 heteroatoms. The quantitative estimate of drug-likeness (QED) is 0.364. The molecule has 0 spiro atoms. The van der Waals surface area contributed by atoms with E-state index in [2.05, 4.69) is 28.1 Å². The van der Waals surface area contributed by atoms with Gasteiger partial charge in [-0.25, -0.2) is 0 Å². The number of hydrogen-bond acceptors (Lipinski definition) is 3. The van der Waals surface area contributed by atoms with Crippen LogP contribution in [-0.2, 0) is 0 Å². The lowest BCUT2D eigenvalue weighted by molar-refractivity contribution is -0.870. The van der Waals surface area contributed by atoms with Gasteiger partial charge in [0.05, 0.1) is 27.7 Å². The van der Waals surface area contributed by atoms with Gasteiger partial charge in [0.25, 0.3) is 0 Å². The lowest BCUT2D eigenvalue weighted by Crippen LogP contribution is -2.34. The van der Waals surface area contributed by atoms with E-state index in [-0.39, 0.29) is 0 Å². The summed E-state index contributed by atoms with van der Waals surface area (Å²) >= 11 is 0. The zero-order chi connectivity index (χ0) is 9.49. The Bertz CT molecular complexity index is 79.6. The third-order valence-electron chi connectivity index (χ3n) is 0.894. The number of hydrogen-bond donors (Lipinski definition) is 3. The van der Waals surface area contributed by atoms with E-state index in [1.165, 1.54) is 13.0 Å². The number of quaternary nitrogens is 1. The molecule has 0 aliphatic rings. The molecular formula is C6H19BNO3+. The summed E-state index contributed by atoms with van der Waals surface area (Å²) in [4.78, 5) is 0. The first-order valence-electron chi connectivity index (χ1n) is 3.64. The minimum Gasteiger partial charge on any atom is -0.402 e.